The molecule has 0 atom stereocenters. The number of nitrogens with zero attached hydrogens (tertiary/aromatic N) is 3. The monoisotopic (exact) mass is 299 g/mol. The fraction of sp³-hybridized carbons (Fsp3) is 0. The lowest BCUT2D eigenvalue weighted by atomic mass is 9.99. The summed E-state index contributed by atoms with van der Waals surface area (Å²) in [4.78, 5) is 21.3. The van der Waals surface area contributed by atoms with Crippen LogP contribution in [0.15, 0.2) is 71.0 Å². The average Bonchev–Trinajstić information content (AvgIpc) is 2.49. The minimum absolute atomic E-state index is 0.140. The standard InChI is InChI=1S/C14H9N3O5/c15-8-11(10-1-3-16(20)4-2-10)5-9-6-12(17(21)22)14(19)13(18)7-9/h1-7,18,20H. The molecule has 110 valence electrons. The van der Waals surface area contributed by atoms with Gasteiger partial charge in [0.2, 0.25) is 0 Å². The van der Waals surface area contributed by atoms with Crippen LogP contribution in [0.5, 0.6) is 0 Å². The normalized spacial score (nSPS) is 18.9. The van der Waals surface area contributed by atoms with E-state index < -0.39 is 22.2 Å². The number of nitro groups is 1. The quantitative estimate of drug-likeness (QED) is 0.450. The second kappa shape index (κ2) is 5.90. The van der Waals surface area contributed by atoms with E-state index in [9.17, 15) is 20.0 Å². The number of hydrogen-bond acceptors (Lipinski definition) is 7. The third kappa shape index (κ3) is 3.00. The minimum Gasteiger partial charge on any atom is -0.504 e. The fourth-order valence-electron chi connectivity index (χ4n) is 1.78. The highest BCUT2D eigenvalue weighted by atomic mass is 16.6. The number of Topliss-reactive ketones (excluding diaryl/α,β-unsaturated/α-hetero) is 1. The van der Waals surface area contributed by atoms with E-state index in [-0.39, 0.29) is 11.1 Å². The number of aliphatic hydroxyl groups is 1. The van der Waals surface area contributed by atoms with Crippen molar-refractivity contribution in [3.05, 3.63) is 81.1 Å². The summed E-state index contributed by atoms with van der Waals surface area (Å²) in [6.45, 7) is 0. The topological polar surface area (TPSA) is 128 Å². The Hall–Kier alpha value is -3.44. The van der Waals surface area contributed by atoms with Gasteiger partial charge in [-0.15, -0.1) is 0 Å². The molecule has 0 bridgehead atoms. The molecule has 22 heavy (non-hydrogen) atoms. The predicted molar refractivity (Wildman–Crippen MR) is 73.4 cm³/mol. The lowest BCUT2D eigenvalue weighted by molar-refractivity contribution is -0.418. The molecule has 1 aliphatic carbocycles. The first-order valence-corrected chi connectivity index (χ1v) is 5.93. The third-order valence-electron chi connectivity index (χ3n) is 2.82. The van der Waals surface area contributed by atoms with Crippen molar-refractivity contribution in [2.75, 3.05) is 0 Å². The summed E-state index contributed by atoms with van der Waals surface area (Å²) in [6.07, 6.45) is 8.86. The summed E-state index contributed by atoms with van der Waals surface area (Å²) in [5.74, 6) is -1.85. The Balaban J connectivity index is 2.48. The molecule has 1 aliphatic heterocycles. The molecule has 0 aromatic rings. The Morgan fingerprint density at radius 3 is 2.55 bits per heavy atom. The maximum absolute atomic E-state index is 11.4. The van der Waals surface area contributed by atoms with Gasteiger partial charge in [-0.3, -0.25) is 20.1 Å². The first kappa shape index (κ1) is 15.0. The Kier molecular flexibility index (Phi) is 4.01. The number of carbonyl (C=O) groups excluding carboxylic acids is 1. The van der Waals surface area contributed by atoms with Crippen molar-refractivity contribution in [1.82, 2.24) is 5.06 Å². The zero-order valence-corrected chi connectivity index (χ0v) is 11.0. The van der Waals surface area contributed by atoms with E-state index >= 15 is 0 Å². The lowest BCUT2D eigenvalue weighted by Gasteiger charge is -2.11. The zero-order valence-electron chi connectivity index (χ0n) is 11.0. The van der Waals surface area contributed by atoms with Crippen LogP contribution in [0.25, 0.3) is 0 Å². The van der Waals surface area contributed by atoms with Gasteiger partial charge < -0.3 is 5.11 Å². The number of hydrogen-bond donors (Lipinski definition) is 2. The van der Waals surface area contributed by atoms with Gasteiger partial charge in [0.1, 0.15) is 0 Å². The predicted octanol–water partition coefficient (Wildman–Crippen LogP) is 1.65. The Morgan fingerprint density at radius 2 is 2.00 bits per heavy atom. The number of ketones is 1. The van der Waals surface area contributed by atoms with Gasteiger partial charge in [0.15, 0.2) is 5.76 Å². The average molecular weight is 299 g/mol. The summed E-state index contributed by atoms with van der Waals surface area (Å²) in [7, 11) is 0. The van der Waals surface area contributed by atoms with Crippen LogP contribution in [-0.2, 0) is 4.79 Å². The number of rotatable bonds is 2. The summed E-state index contributed by atoms with van der Waals surface area (Å²) in [5.41, 5.74) is -0.0278. The Morgan fingerprint density at radius 1 is 1.36 bits per heavy atom. The number of carbonyl (C=O) groups is 1. The van der Waals surface area contributed by atoms with E-state index in [1.165, 1.54) is 30.6 Å². The molecule has 1 heterocycles. The van der Waals surface area contributed by atoms with E-state index in [0.29, 0.717) is 5.57 Å². The summed E-state index contributed by atoms with van der Waals surface area (Å²) >= 11 is 0. The summed E-state index contributed by atoms with van der Waals surface area (Å²) in [5, 5.41) is 39.3. The van der Waals surface area contributed by atoms with E-state index in [1.807, 2.05) is 6.07 Å². The van der Waals surface area contributed by atoms with Crippen molar-refractivity contribution >= 4 is 5.78 Å². The fourth-order valence-corrected chi connectivity index (χ4v) is 1.78. The smallest absolute Gasteiger partial charge is 0.320 e. The molecule has 0 fully saturated rings. The molecule has 0 unspecified atom stereocenters. The molecule has 2 N–H and O–H groups in total. The summed E-state index contributed by atoms with van der Waals surface area (Å²) in [6, 6.07) is 1.91. The van der Waals surface area contributed by atoms with Crippen molar-refractivity contribution in [2.45, 2.75) is 0 Å². The largest absolute Gasteiger partial charge is 0.504 e. The van der Waals surface area contributed by atoms with Crippen molar-refractivity contribution in [1.29, 1.82) is 5.26 Å². The molecule has 0 saturated heterocycles. The van der Waals surface area contributed by atoms with E-state index in [4.69, 9.17) is 10.5 Å². The van der Waals surface area contributed by atoms with E-state index in [1.54, 1.807) is 0 Å². The molecular weight excluding hydrogens is 290 g/mol. The van der Waals surface area contributed by atoms with Crippen LogP contribution in [0.1, 0.15) is 0 Å². The highest BCUT2D eigenvalue weighted by Crippen LogP contribution is 2.21. The lowest BCUT2D eigenvalue weighted by Crippen LogP contribution is -2.16. The molecule has 0 radical (unpaired) electrons. The van der Waals surface area contributed by atoms with Crippen molar-refractivity contribution in [2.24, 2.45) is 0 Å². The van der Waals surface area contributed by atoms with Gasteiger partial charge in [0.25, 0.3) is 5.78 Å². The van der Waals surface area contributed by atoms with Crippen LogP contribution in [0.2, 0.25) is 0 Å². The van der Waals surface area contributed by atoms with E-state index in [2.05, 4.69) is 0 Å². The first-order chi connectivity index (χ1) is 10.4. The van der Waals surface area contributed by atoms with Gasteiger partial charge in [0, 0.05) is 18.5 Å². The molecule has 8 heteroatoms. The maximum atomic E-state index is 11.4. The first-order valence-electron chi connectivity index (χ1n) is 5.93. The van der Waals surface area contributed by atoms with Gasteiger partial charge in [-0.25, -0.2) is 5.06 Å². The Bertz CT molecular complexity index is 759. The van der Waals surface area contributed by atoms with Gasteiger partial charge in [-0.1, -0.05) is 0 Å². The second-order valence-corrected chi connectivity index (χ2v) is 4.28. The zero-order chi connectivity index (χ0) is 16.3. The van der Waals surface area contributed by atoms with Gasteiger partial charge in [0.05, 0.1) is 16.6 Å². The van der Waals surface area contributed by atoms with Crippen LogP contribution in [0, 0.1) is 21.4 Å². The van der Waals surface area contributed by atoms with Crippen LogP contribution in [0.3, 0.4) is 0 Å². The molecular formula is C14H9N3O5. The maximum Gasteiger partial charge on any atom is 0.320 e. The molecule has 2 aliphatic rings. The highest BCUT2D eigenvalue weighted by molar-refractivity contribution is 6.06. The molecule has 8 nitrogen and oxygen atoms in total. The third-order valence-corrected chi connectivity index (χ3v) is 2.82. The van der Waals surface area contributed by atoms with Crippen LogP contribution in [0.4, 0.5) is 0 Å². The molecule has 0 aromatic carbocycles. The number of allylic oxidation sites excluding steroid dienone is 8. The molecule has 0 saturated carbocycles. The van der Waals surface area contributed by atoms with Crippen molar-refractivity contribution < 1.29 is 20.0 Å². The molecule has 0 spiro atoms. The summed E-state index contributed by atoms with van der Waals surface area (Å²) < 4.78 is 0. The highest BCUT2D eigenvalue weighted by Gasteiger charge is 2.29. The molecule has 0 aromatic heterocycles. The number of nitriles is 1. The van der Waals surface area contributed by atoms with Gasteiger partial charge in [-0.2, -0.15) is 5.26 Å². The van der Waals surface area contributed by atoms with Gasteiger partial charge in [-0.05, 0) is 35.5 Å². The van der Waals surface area contributed by atoms with Crippen molar-refractivity contribution in [3.8, 4) is 6.07 Å². The minimum atomic E-state index is -1.08. The number of hydroxylamine groups is 2. The molecule has 0 amide bonds. The van der Waals surface area contributed by atoms with Gasteiger partial charge >= 0.3 is 5.70 Å². The van der Waals surface area contributed by atoms with Crippen LogP contribution < -0.4 is 0 Å². The van der Waals surface area contributed by atoms with Crippen molar-refractivity contribution in [3.63, 3.8) is 0 Å². The second-order valence-electron chi connectivity index (χ2n) is 4.28. The SMILES string of the molecule is N#CC(C=C1C=C(O)C(=O)C([N+](=O)[O-])=C1)=C1C=CN(O)C=C1. The Labute approximate surface area is 124 Å². The van der Waals surface area contributed by atoms with Crippen LogP contribution >= 0.6 is 0 Å². The number of aliphatic hydroxyl groups excluding tert-OH is 1. The van der Waals surface area contributed by atoms with Crippen LogP contribution in [-0.4, -0.2) is 26.1 Å². The van der Waals surface area contributed by atoms with E-state index in [0.717, 1.165) is 17.2 Å². The molecule has 2 rings (SSSR count).